The van der Waals surface area contributed by atoms with Gasteiger partial charge in [-0.15, -0.1) is 0 Å². The zero-order chi connectivity index (χ0) is 16.5. The molecule has 0 aliphatic heterocycles. The molecule has 0 radical (unpaired) electrons. The number of amides is 1. The number of ether oxygens (including phenoxy) is 2. The Morgan fingerprint density at radius 3 is 2.70 bits per heavy atom. The van der Waals surface area contributed by atoms with Crippen molar-refractivity contribution in [3.8, 4) is 5.75 Å². The Bertz CT molecular complexity index is 637. The number of nitrogens with one attached hydrogen (secondary N) is 1. The number of halogens is 2. The van der Waals surface area contributed by atoms with Gasteiger partial charge in [0.2, 0.25) is 0 Å². The van der Waals surface area contributed by atoms with Gasteiger partial charge in [0.25, 0.3) is 5.91 Å². The molecular formula is C17H17BrClNO3. The molecule has 6 heteroatoms. The molecule has 0 unspecified atom stereocenters. The van der Waals surface area contributed by atoms with E-state index in [0.29, 0.717) is 30.5 Å². The van der Waals surface area contributed by atoms with Crippen molar-refractivity contribution < 1.29 is 14.3 Å². The predicted molar refractivity (Wildman–Crippen MR) is 93.8 cm³/mol. The van der Waals surface area contributed by atoms with E-state index in [1.54, 1.807) is 18.2 Å². The van der Waals surface area contributed by atoms with Crippen molar-refractivity contribution in [3.05, 3.63) is 63.6 Å². The van der Waals surface area contributed by atoms with Crippen LogP contribution in [0.1, 0.15) is 5.56 Å². The van der Waals surface area contributed by atoms with Crippen LogP contribution < -0.4 is 10.1 Å². The first-order valence-electron chi connectivity index (χ1n) is 7.11. The topological polar surface area (TPSA) is 47.6 Å². The summed E-state index contributed by atoms with van der Waals surface area (Å²) in [7, 11) is 0. The Balaban J connectivity index is 1.60. The quantitative estimate of drug-likeness (QED) is 0.688. The predicted octanol–water partition coefficient (Wildman–Crippen LogP) is 3.81. The highest BCUT2D eigenvalue weighted by Crippen LogP contribution is 2.27. The lowest BCUT2D eigenvalue weighted by Crippen LogP contribution is -2.31. The minimum Gasteiger partial charge on any atom is -0.482 e. The highest BCUT2D eigenvalue weighted by molar-refractivity contribution is 9.10. The van der Waals surface area contributed by atoms with Gasteiger partial charge in [-0.3, -0.25) is 4.79 Å². The van der Waals surface area contributed by atoms with Crippen LogP contribution in [0.4, 0.5) is 0 Å². The lowest BCUT2D eigenvalue weighted by Gasteiger charge is -2.09. The molecule has 0 aromatic heterocycles. The average Bonchev–Trinajstić information content (AvgIpc) is 2.54. The van der Waals surface area contributed by atoms with Gasteiger partial charge < -0.3 is 14.8 Å². The van der Waals surface area contributed by atoms with Crippen molar-refractivity contribution in [1.29, 1.82) is 0 Å². The largest absolute Gasteiger partial charge is 0.482 e. The first kappa shape index (κ1) is 17.8. The summed E-state index contributed by atoms with van der Waals surface area (Å²) in [5, 5.41) is 3.19. The van der Waals surface area contributed by atoms with Gasteiger partial charge in [-0.1, -0.05) is 57.9 Å². The maximum Gasteiger partial charge on any atom is 0.258 e. The van der Waals surface area contributed by atoms with Crippen LogP contribution in [0.5, 0.6) is 5.75 Å². The van der Waals surface area contributed by atoms with Gasteiger partial charge in [0.15, 0.2) is 6.61 Å². The van der Waals surface area contributed by atoms with Crippen LogP contribution in [-0.2, 0) is 16.1 Å². The lowest BCUT2D eigenvalue weighted by atomic mass is 10.2. The van der Waals surface area contributed by atoms with Crippen molar-refractivity contribution in [2.24, 2.45) is 0 Å². The lowest BCUT2D eigenvalue weighted by molar-refractivity contribution is -0.123. The average molecular weight is 399 g/mol. The first-order chi connectivity index (χ1) is 11.1. The number of hydrogen-bond acceptors (Lipinski definition) is 3. The van der Waals surface area contributed by atoms with E-state index in [0.717, 1.165) is 10.0 Å². The second kappa shape index (κ2) is 9.55. The van der Waals surface area contributed by atoms with Crippen LogP contribution in [0.2, 0.25) is 5.02 Å². The summed E-state index contributed by atoms with van der Waals surface area (Å²) in [5.74, 6) is 0.262. The van der Waals surface area contributed by atoms with E-state index in [2.05, 4.69) is 21.2 Å². The maximum atomic E-state index is 11.7. The molecule has 0 heterocycles. The highest BCUT2D eigenvalue weighted by atomic mass is 79.9. The summed E-state index contributed by atoms with van der Waals surface area (Å²) in [6.07, 6.45) is 0. The van der Waals surface area contributed by atoms with Gasteiger partial charge in [0.1, 0.15) is 5.75 Å². The van der Waals surface area contributed by atoms with Gasteiger partial charge in [0, 0.05) is 11.0 Å². The SMILES string of the molecule is O=C(COc1ccc(Br)cc1Cl)NCCOCc1ccccc1. The molecule has 2 aromatic rings. The molecule has 0 atom stereocenters. The smallest absolute Gasteiger partial charge is 0.258 e. The molecule has 0 bridgehead atoms. The minimum absolute atomic E-state index is 0.0833. The van der Waals surface area contributed by atoms with Gasteiger partial charge in [-0.2, -0.15) is 0 Å². The third-order valence-electron chi connectivity index (χ3n) is 2.93. The van der Waals surface area contributed by atoms with E-state index in [-0.39, 0.29) is 12.5 Å². The second-order valence-corrected chi connectivity index (χ2v) is 6.07. The van der Waals surface area contributed by atoms with Crippen molar-refractivity contribution in [1.82, 2.24) is 5.32 Å². The first-order valence-corrected chi connectivity index (χ1v) is 8.28. The van der Waals surface area contributed by atoms with Crippen LogP contribution in [0.15, 0.2) is 53.0 Å². The Morgan fingerprint density at radius 2 is 1.96 bits per heavy atom. The fraction of sp³-hybridized carbons (Fsp3) is 0.235. The Labute approximate surface area is 148 Å². The summed E-state index contributed by atoms with van der Waals surface area (Å²) < 4.78 is 11.7. The van der Waals surface area contributed by atoms with E-state index in [4.69, 9.17) is 21.1 Å². The Hall–Kier alpha value is -1.56. The number of hydrogen-bond donors (Lipinski definition) is 1. The summed E-state index contributed by atoms with van der Waals surface area (Å²) in [6.45, 7) is 1.32. The number of carbonyl (C=O) groups is 1. The summed E-state index contributed by atoms with van der Waals surface area (Å²) in [5.41, 5.74) is 1.10. The van der Waals surface area contributed by atoms with E-state index in [9.17, 15) is 4.79 Å². The fourth-order valence-corrected chi connectivity index (χ4v) is 2.54. The van der Waals surface area contributed by atoms with Gasteiger partial charge >= 0.3 is 0 Å². The van der Waals surface area contributed by atoms with Crippen LogP contribution in [0.25, 0.3) is 0 Å². The van der Waals surface area contributed by atoms with E-state index in [1.807, 2.05) is 30.3 Å². The van der Waals surface area contributed by atoms with Crippen molar-refractivity contribution in [2.45, 2.75) is 6.61 Å². The minimum atomic E-state index is -0.215. The zero-order valence-corrected chi connectivity index (χ0v) is 14.8. The monoisotopic (exact) mass is 397 g/mol. The summed E-state index contributed by atoms with van der Waals surface area (Å²) in [6, 6.07) is 15.1. The number of benzene rings is 2. The van der Waals surface area contributed by atoms with Crippen LogP contribution in [0, 0.1) is 0 Å². The highest BCUT2D eigenvalue weighted by Gasteiger charge is 2.06. The van der Waals surface area contributed by atoms with Gasteiger partial charge in [-0.05, 0) is 23.8 Å². The molecule has 0 spiro atoms. The van der Waals surface area contributed by atoms with Crippen molar-refractivity contribution >= 4 is 33.4 Å². The molecule has 0 saturated carbocycles. The van der Waals surface area contributed by atoms with E-state index in [1.165, 1.54) is 0 Å². The van der Waals surface area contributed by atoms with Crippen molar-refractivity contribution in [3.63, 3.8) is 0 Å². The zero-order valence-electron chi connectivity index (χ0n) is 12.4. The summed E-state index contributed by atoms with van der Waals surface area (Å²) >= 11 is 9.32. The molecule has 2 rings (SSSR count). The Kier molecular flexibility index (Phi) is 7.39. The molecule has 4 nitrogen and oxygen atoms in total. The van der Waals surface area contributed by atoms with Gasteiger partial charge in [0.05, 0.1) is 18.2 Å². The standard InChI is InChI=1S/C17H17BrClNO3/c18-14-6-7-16(15(19)10-14)23-12-17(21)20-8-9-22-11-13-4-2-1-3-5-13/h1-7,10H,8-9,11-12H2,(H,20,21). The van der Waals surface area contributed by atoms with Crippen LogP contribution >= 0.6 is 27.5 Å². The normalized spacial score (nSPS) is 10.3. The fourth-order valence-electron chi connectivity index (χ4n) is 1.81. The third-order valence-corrected chi connectivity index (χ3v) is 3.72. The van der Waals surface area contributed by atoms with Crippen molar-refractivity contribution in [2.75, 3.05) is 19.8 Å². The number of carbonyl (C=O) groups excluding carboxylic acids is 1. The molecule has 2 aromatic carbocycles. The van der Waals surface area contributed by atoms with E-state index >= 15 is 0 Å². The van der Waals surface area contributed by atoms with Crippen LogP contribution in [-0.4, -0.2) is 25.7 Å². The summed E-state index contributed by atoms with van der Waals surface area (Å²) in [4.78, 5) is 11.7. The molecule has 1 N–H and O–H groups in total. The molecule has 122 valence electrons. The molecular weight excluding hydrogens is 382 g/mol. The maximum absolute atomic E-state index is 11.7. The van der Waals surface area contributed by atoms with Crippen LogP contribution in [0.3, 0.4) is 0 Å². The molecule has 1 amide bonds. The molecule has 0 aliphatic rings. The Morgan fingerprint density at radius 1 is 1.17 bits per heavy atom. The van der Waals surface area contributed by atoms with E-state index < -0.39 is 0 Å². The third kappa shape index (κ3) is 6.60. The van der Waals surface area contributed by atoms with Gasteiger partial charge in [-0.25, -0.2) is 0 Å². The molecule has 23 heavy (non-hydrogen) atoms. The molecule has 0 aliphatic carbocycles. The second-order valence-electron chi connectivity index (χ2n) is 4.75. The number of rotatable bonds is 8. The molecule has 0 saturated heterocycles. The molecule has 0 fully saturated rings.